The van der Waals surface area contributed by atoms with Gasteiger partial charge in [0.25, 0.3) is 5.91 Å². The van der Waals surface area contributed by atoms with E-state index in [0.717, 1.165) is 6.42 Å². The number of rotatable bonds is 7. The highest BCUT2D eigenvalue weighted by Crippen LogP contribution is 2.48. The Bertz CT molecular complexity index is 1890. The Morgan fingerprint density at radius 1 is 1.18 bits per heavy atom. The molecular formula is C35H44ClN5O9S. The first-order valence-corrected chi connectivity index (χ1v) is 19.1. The number of ether oxygens (including phenoxy) is 2. The molecule has 276 valence electrons. The maximum atomic E-state index is 14.4. The van der Waals surface area contributed by atoms with Gasteiger partial charge in [-0.15, -0.1) is 0 Å². The molecule has 1 aromatic heterocycles. The van der Waals surface area contributed by atoms with Gasteiger partial charge in [-0.25, -0.2) is 18.2 Å². The SMILES string of the molecule is COc1cnc(O[C@@H]2C[C@H]3C(=O)N[C@]4(C(=O)NS(=O)(=O)C5(C)CC5)C[C@H]4C=CCC[C@@H](C)C[C@@H](C)[C@H](NC(=O)O)C(=O)N3C2)c2cccc(Cl)c12. The van der Waals surface area contributed by atoms with Crippen LogP contribution in [0.4, 0.5) is 4.79 Å². The van der Waals surface area contributed by atoms with Crippen molar-refractivity contribution in [3.8, 4) is 11.6 Å². The largest absolute Gasteiger partial charge is 0.494 e. The van der Waals surface area contributed by atoms with Crippen molar-refractivity contribution in [2.24, 2.45) is 17.8 Å². The van der Waals surface area contributed by atoms with E-state index in [1.54, 1.807) is 32.0 Å². The van der Waals surface area contributed by atoms with Gasteiger partial charge in [-0.05, 0) is 69.4 Å². The van der Waals surface area contributed by atoms with Gasteiger partial charge in [-0.1, -0.05) is 43.7 Å². The fourth-order valence-electron chi connectivity index (χ4n) is 7.34. The number of amides is 4. The van der Waals surface area contributed by atoms with Crippen LogP contribution in [-0.2, 0) is 24.4 Å². The van der Waals surface area contributed by atoms with Crippen molar-refractivity contribution in [2.75, 3.05) is 13.7 Å². The number of methoxy groups -OCH3 is 1. The summed E-state index contributed by atoms with van der Waals surface area (Å²) < 4.78 is 39.2. The lowest BCUT2D eigenvalue weighted by Gasteiger charge is -2.32. The van der Waals surface area contributed by atoms with E-state index in [1.165, 1.54) is 18.2 Å². The lowest BCUT2D eigenvalue weighted by molar-refractivity contribution is -0.142. The standard InChI is InChI=1S/C35H44ClN5O9S/c1-19-8-5-6-9-21-16-35(21,32(44)40-51(47,48)34(3)12-13-34)39-29(42)25-15-22(18-41(25)31(43)28(20(2)14-19)38-33(45)46)50-30-23-10-7-11-24(36)27(23)26(49-4)17-37-30/h6-7,9-11,17,19-22,25,28,38H,5,8,12-16,18H2,1-4H3,(H,39,42)(H,40,44)(H,45,46)/t19-,20-,21-,22-,25+,28+,35-/m1/s1. The zero-order chi connectivity index (χ0) is 36.9. The summed E-state index contributed by atoms with van der Waals surface area (Å²) in [6.07, 6.45) is 5.97. The molecule has 51 heavy (non-hydrogen) atoms. The molecule has 4 aliphatic rings. The van der Waals surface area contributed by atoms with Crippen LogP contribution in [-0.4, -0.2) is 89.4 Å². The molecule has 14 nitrogen and oxygen atoms in total. The summed E-state index contributed by atoms with van der Waals surface area (Å²) in [5.41, 5.74) is -1.55. The molecule has 2 saturated carbocycles. The molecule has 7 atom stereocenters. The molecule has 3 heterocycles. The molecule has 1 saturated heterocycles. The maximum absolute atomic E-state index is 14.4. The van der Waals surface area contributed by atoms with Gasteiger partial charge in [0.05, 0.1) is 29.6 Å². The second kappa shape index (κ2) is 13.8. The van der Waals surface area contributed by atoms with E-state index in [0.29, 0.717) is 47.2 Å². The average Bonchev–Trinajstić information content (AvgIpc) is 3.95. The van der Waals surface area contributed by atoms with E-state index in [1.807, 2.05) is 19.1 Å². The summed E-state index contributed by atoms with van der Waals surface area (Å²) in [6, 6.07) is 2.83. The maximum Gasteiger partial charge on any atom is 0.405 e. The first-order chi connectivity index (χ1) is 24.1. The van der Waals surface area contributed by atoms with Crippen LogP contribution in [0.15, 0.2) is 36.5 Å². The summed E-state index contributed by atoms with van der Waals surface area (Å²) in [6.45, 7) is 5.30. The summed E-state index contributed by atoms with van der Waals surface area (Å²) in [5, 5.41) is 16.5. The van der Waals surface area contributed by atoms with Crippen molar-refractivity contribution in [2.45, 2.75) is 94.2 Å². The van der Waals surface area contributed by atoms with Gasteiger partial charge in [0.1, 0.15) is 29.5 Å². The zero-order valence-electron chi connectivity index (χ0n) is 29.0. The summed E-state index contributed by atoms with van der Waals surface area (Å²) in [4.78, 5) is 60.1. The molecular weight excluding hydrogens is 702 g/mol. The second-order valence-corrected chi connectivity index (χ2v) is 17.3. The molecule has 0 radical (unpaired) electrons. The number of halogens is 1. The van der Waals surface area contributed by atoms with E-state index >= 15 is 0 Å². The number of carbonyl (C=O) groups excluding carboxylic acids is 3. The van der Waals surface area contributed by atoms with Gasteiger partial charge in [0.15, 0.2) is 0 Å². The van der Waals surface area contributed by atoms with Crippen molar-refractivity contribution in [1.82, 2.24) is 25.2 Å². The molecule has 3 fully saturated rings. The van der Waals surface area contributed by atoms with Crippen molar-refractivity contribution in [3.05, 3.63) is 41.6 Å². The van der Waals surface area contributed by atoms with Gasteiger partial charge < -0.3 is 30.1 Å². The fraction of sp³-hybridized carbons (Fsp3) is 0.571. The van der Waals surface area contributed by atoms with Gasteiger partial charge in [0, 0.05) is 23.1 Å². The number of hydrogen-bond acceptors (Lipinski definition) is 9. The molecule has 0 bridgehead atoms. The second-order valence-electron chi connectivity index (χ2n) is 14.7. The number of fused-ring (bicyclic) bond motifs is 3. The van der Waals surface area contributed by atoms with Crippen molar-refractivity contribution in [3.63, 3.8) is 0 Å². The topological polar surface area (TPSA) is 193 Å². The Morgan fingerprint density at radius 2 is 1.92 bits per heavy atom. The highest BCUT2D eigenvalue weighted by molar-refractivity contribution is 7.91. The minimum atomic E-state index is -4.01. The van der Waals surface area contributed by atoms with E-state index < -0.39 is 74.1 Å². The Kier molecular flexibility index (Phi) is 9.92. The average molecular weight is 746 g/mol. The van der Waals surface area contributed by atoms with Crippen molar-refractivity contribution < 1.29 is 42.2 Å². The summed E-state index contributed by atoms with van der Waals surface area (Å²) >= 11 is 6.50. The molecule has 4 amide bonds. The molecule has 2 aliphatic heterocycles. The third-order valence-electron chi connectivity index (χ3n) is 10.8. The fourth-order valence-corrected chi connectivity index (χ4v) is 8.92. The molecule has 4 N–H and O–H groups in total. The quantitative estimate of drug-likeness (QED) is 0.303. The number of benzene rings is 1. The van der Waals surface area contributed by atoms with Gasteiger partial charge in [-0.2, -0.15) is 0 Å². The third kappa shape index (κ3) is 7.19. The summed E-state index contributed by atoms with van der Waals surface area (Å²) in [7, 11) is -2.52. The molecule has 2 aromatic rings. The van der Waals surface area contributed by atoms with E-state index in [9.17, 15) is 32.7 Å². The molecule has 0 spiro atoms. The lowest BCUT2D eigenvalue weighted by atomic mass is 9.88. The number of pyridine rings is 1. The molecule has 16 heteroatoms. The number of sulfonamides is 1. The van der Waals surface area contributed by atoms with Crippen LogP contribution >= 0.6 is 11.6 Å². The Labute approximate surface area is 301 Å². The highest BCUT2D eigenvalue weighted by Gasteiger charge is 2.63. The van der Waals surface area contributed by atoms with Crippen molar-refractivity contribution >= 4 is 56.2 Å². The minimum Gasteiger partial charge on any atom is -0.494 e. The Balaban J connectivity index is 1.35. The van der Waals surface area contributed by atoms with Crippen LogP contribution in [0.3, 0.4) is 0 Å². The number of carboxylic acid groups (broad SMARTS) is 1. The third-order valence-corrected chi connectivity index (χ3v) is 13.3. The van der Waals surface area contributed by atoms with Gasteiger partial charge in [0.2, 0.25) is 27.7 Å². The normalized spacial score (nSPS) is 30.6. The number of hydrogen-bond donors (Lipinski definition) is 4. The number of aromatic nitrogens is 1. The van der Waals surface area contributed by atoms with Crippen LogP contribution in [0.1, 0.15) is 65.7 Å². The van der Waals surface area contributed by atoms with Crippen molar-refractivity contribution in [1.29, 1.82) is 0 Å². The number of allylic oxidation sites excluding steroid dienone is 1. The van der Waals surface area contributed by atoms with Gasteiger partial charge >= 0.3 is 6.09 Å². The van der Waals surface area contributed by atoms with Gasteiger partial charge in [-0.3, -0.25) is 19.1 Å². The van der Waals surface area contributed by atoms with Crippen LogP contribution < -0.4 is 24.8 Å². The highest BCUT2D eigenvalue weighted by atomic mass is 35.5. The van der Waals surface area contributed by atoms with Crippen LogP contribution in [0.25, 0.3) is 10.8 Å². The van der Waals surface area contributed by atoms with Crippen LogP contribution in [0, 0.1) is 17.8 Å². The predicted octanol–water partition coefficient (Wildman–Crippen LogP) is 3.77. The molecule has 0 unspecified atom stereocenters. The Hall–Kier alpha value is -4.11. The predicted molar refractivity (Wildman–Crippen MR) is 188 cm³/mol. The number of carbonyl (C=O) groups is 4. The first-order valence-electron chi connectivity index (χ1n) is 17.2. The van der Waals surface area contributed by atoms with Crippen LogP contribution in [0.2, 0.25) is 5.02 Å². The Morgan fingerprint density at radius 3 is 2.61 bits per heavy atom. The lowest BCUT2D eigenvalue weighted by Crippen LogP contribution is -2.59. The smallest absolute Gasteiger partial charge is 0.405 e. The summed E-state index contributed by atoms with van der Waals surface area (Å²) in [5.74, 6) is -2.28. The number of nitrogens with one attached hydrogen (secondary N) is 3. The minimum absolute atomic E-state index is 0.0213. The molecule has 6 rings (SSSR count). The molecule has 2 aliphatic carbocycles. The molecule has 1 aromatic carbocycles. The van der Waals surface area contributed by atoms with E-state index in [2.05, 4.69) is 20.3 Å². The monoisotopic (exact) mass is 745 g/mol. The van der Waals surface area contributed by atoms with Crippen LogP contribution in [0.5, 0.6) is 11.6 Å². The zero-order valence-corrected chi connectivity index (χ0v) is 30.6. The van der Waals surface area contributed by atoms with E-state index in [4.69, 9.17) is 21.1 Å². The number of nitrogens with zero attached hydrogens (tertiary/aromatic N) is 2. The first kappa shape index (κ1) is 36.7. The van der Waals surface area contributed by atoms with E-state index in [-0.39, 0.29) is 31.2 Å².